The third kappa shape index (κ3) is 5.41. The standard InChI is InChI=1S/C16H33N3O/c1-6-9-17-14(4)15-8-7-10-19(11-15)12-16(20)18(5)13(2)3/h13-15,17H,6-12H2,1-5H3. The summed E-state index contributed by atoms with van der Waals surface area (Å²) in [5.41, 5.74) is 0. The van der Waals surface area contributed by atoms with Gasteiger partial charge in [-0.3, -0.25) is 9.69 Å². The molecule has 0 aliphatic carbocycles. The van der Waals surface area contributed by atoms with Gasteiger partial charge in [0.05, 0.1) is 6.54 Å². The summed E-state index contributed by atoms with van der Waals surface area (Å²) in [6.45, 7) is 12.4. The Bertz CT molecular complexity index is 293. The lowest BCUT2D eigenvalue weighted by Crippen LogP contribution is -2.48. The quantitative estimate of drug-likeness (QED) is 0.776. The number of carbonyl (C=O) groups is 1. The molecule has 1 amide bonds. The van der Waals surface area contributed by atoms with Crippen LogP contribution in [0, 0.1) is 5.92 Å². The van der Waals surface area contributed by atoms with Gasteiger partial charge in [-0.1, -0.05) is 6.92 Å². The molecule has 1 fully saturated rings. The van der Waals surface area contributed by atoms with E-state index in [0.29, 0.717) is 18.5 Å². The maximum Gasteiger partial charge on any atom is 0.236 e. The molecule has 0 aromatic heterocycles. The minimum absolute atomic E-state index is 0.245. The Kier molecular flexibility index (Phi) is 7.52. The van der Waals surface area contributed by atoms with Crippen LogP contribution >= 0.6 is 0 Å². The molecule has 4 heteroatoms. The molecule has 0 radical (unpaired) electrons. The van der Waals surface area contributed by atoms with E-state index in [2.05, 4.69) is 37.9 Å². The van der Waals surface area contributed by atoms with Gasteiger partial charge in [0.15, 0.2) is 0 Å². The Labute approximate surface area is 124 Å². The highest BCUT2D eigenvalue weighted by atomic mass is 16.2. The van der Waals surface area contributed by atoms with Gasteiger partial charge in [-0.15, -0.1) is 0 Å². The van der Waals surface area contributed by atoms with Crippen LogP contribution in [0.4, 0.5) is 0 Å². The van der Waals surface area contributed by atoms with E-state index in [4.69, 9.17) is 0 Å². The maximum absolute atomic E-state index is 12.2. The Morgan fingerprint density at radius 2 is 2.10 bits per heavy atom. The molecule has 118 valence electrons. The van der Waals surface area contributed by atoms with Crippen molar-refractivity contribution in [3.63, 3.8) is 0 Å². The van der Waals surface area contributed by atoms with Crippen molar-refractivity contribution in [2.45, 2.75) is 59.0 Å². The van der Waals surface area contributed by atoms with Crippen molar-refractivity contribution in [1.29, 1.82) is 0 Å². The van der Waals surface area contributed by atoms with Crippen LogP contribution in [0.3, 0.4) is 0 Å². The van der Waals surface area contributed by atoms with Crippen LogP contribution in [0.5, 0.6) is 0 Å². The SMILES string of the molecule is CCCNC(C)C1CCCN(CC(=O)N(C)C(C)C)C1. The predicted molar refractivity (Wildman–Crippen MR) is 84.8 cm³/mol. The minimum atomic E-state index is 0.245. The van der Waals surface area contributed by atoms with Gasteiger partial charge in [-0.25, -0.2) is 0 Å². The molecule has 2 atom stereocenters. The number of nitrogens with zero attached hydrogens (tertiary/aromatic N) is 2. The molecule has 20 heavy (non-hydrogen) atoms. The fraction of sp³-hybridized carbons (Fsp3) is 0.938. The number of hydrogen-bond donors (Lipinski definition) is 1. The second-order valence-corrected chi connectivity index (χ2v) is 6.48. The lowest BCUT2D eigenvalue weighted by Gasteiger charge is -2.36. The first-order valence-electron chi connectivity index (χ1n) is 8.17. The molecule has 0 spiro atoms. The van der Waals surface area contributed by atoms with Crippen LogP contribution in [-0.2, 0) is 4.79 Å². The molecule has 2 unspecified atom stereocenters. The number of piperidine rings is 1. The van der Waals surface area contributed by atoms with E-state index >= 15 is 0 Å². The topological polar surface area (TPSA) is 35.6 Å². The van der Waals surface area contributed by atoms with E-state index in [-0.39, 0.29) is 11.9 Å². The van der Waals surface area contributed by atoms with Gasteiger partial charge in [0.2, 0.25) is 5.91 Å². The molecule has 0 bridgehead atoms. The Morgan fingerprint density at radius 1 is 1.40 bits per heavy atom. The van der Waals surface area contributed by atoms with Gasteiger partial charge < -0.3 is 10.2 Å². The zero-order valence-electron chi connectivity index (χ0n) is 14.0. The van der Waals surface area contributed by atoms with E-state index in [0.717, 1.165) is 19.6 Å². The van der Waals surface area contributed by atoms with Crippen LogP contribution in [0.1, 0.15) is 47.0 Å². The Hall–Kier alpha value is -0.610. The number of nitrogens with one attached hydrogen (secondary N) is 1. The smallest absolute Gasteiger partial charge is 0.236 e. The first-order valence-corrected chi connectivity index (χ1v) is 8.17. The van der Waals surface area contributed by atoms with E-state index < -0.39 is 0 Å². The maximum atomic E-state index is 12.2. The summed E-state index contributed by atoms with van der Waals surface area (Å²) >= 11 is 0. The Balaban J connectivity index is 2.42. The molecule has 1 rings (SSSR count). The lowest BCUT2D eigenvalue weighted by molar-refractivity contribution is -0.133. The lowest BCUT2D eigenvalue weighted by atomic mass is 9.91. The summed E-state index contributed by atoms with van der Waals surface area (Å²) in [6.07, 6.45) is 3.67. The number of likely N-dealkylation sites (N-methyl/N-ethyl adjacent to an activating group) is 1. The van der Waals surface area contributed by atoms with Crippen molar-refractivity contribution in [1.82, 2.24) is 15.1 Å². The van der Waals surface area contributed by atoms with Crippen LogP contribution in [0.15, 0.2) is 0 Å². The average Bonchev–Trinajstić information content (AvgIpc) is 2.43. The normalized spacial score (nSPS) is 22.0. The highest BCUT2D eigenvalue weighted by Gasteiger charge is 2.26. The van der Waals surface area contributed by atoms with Gasteiger partial charge in [0, 0.05) is 25.7 Å². The molecule has 0 saturated carbocycles. The summed E-state index contributed by atoms with van der Waals surface area (Å²) in [7, 11) is 1.90. The van der Waals surface area contributed by atoms with Crippen LogP contribution in [0.2, 0.25) is 0 Å². The molecule has 0 aromatic rings. The first kappa shape index (κ1) is 17.4. The molecule has 1 aliphatic rings. The third-order valence-corrected chi connectivity index (χ3v) is 4.49. The summed E-state index contributed by atoms with van der Waals surface area (Å²) < 4.78 is 0. The minimum Gasteiger partial charge on any atom is -0.342 e. The first-order chi connectivity index (χ1) is 9.45. The van der Waals surface area contributed by atoms with E-state index in [9.17, 15) is 4.79 Å². The Morgan fingerprint density at radius 3 is 2.70 bits per heavy atom. The van der Waals surface area contributed by atoms with Gasteiger partial charge >= 0.3 is 0 Å². The molecule has 4 nitrogen and oxygen atoms in total. The average molecular weight is 283 g/mol. The molecule has 1 aliphatic heterocycles. The number of hydrogen-bond acceptors (Lipinski definition) is 3. The fourth-order valence-corrected chi connectivity index (χ4v) is 2.77. The van der Waals surface area contributed by atoms with Crippen molar-refractivity contribution in [3.8, 4) is 0 Å². The second-order valence-electron chi connectivity index (χ2n) is 6.48. The fourth-order valence-electron chi connectivity index (χ4n) is 2.77. The van der Waals surface area contributed by atoms with Gasteiger partial charge in [0.1, 0.15) is 0 Å². The summed E-state index contributed by atoms with van der Waals surface area (Å²) in [5, 5.41) is 3.59. The molecular weight excluding hydrogens is 250 g/mol. The van der Waals surface area contributed by atoms with Gasteiger partial charge in [-0.2, -0.15) is 0 Å². The largest absolute Gasteiger partial charge is 0.342 e. The van der Waals surface area contributed by atoms with Gasteiger partial charge in [0.25, 0.3) is 0 Å². The van der Waals surface area contributed by atoms with Crippen molar-refractivity contribution in [2.75, 3.05) is 33.2 Å². The monoisotopic (exact) mass is 283 g/mol. The van der Waals surface area contributed by atoms with E-state index in [1.165, 1.54) is 19.3 Å². The van der Waals surface area contributed by atoms with Crippen molar-refractivity contribution in [2.24, 2.45) is 5.92 Å². The van der Waals surface area contributed by atoms with Crippen molar-refractivity contribution in [3.05, 3.63) is 0 Å². The summed E-state index contributed by atoms with van der Waals surface area (Å²) in [5.74, 6) is 0.919. The number of carbonyl (C=O) groups excluding carboxylic acids is 1. The molecule has 0 aromatic carbocycles. The predicted octanol–water partition coefficient (Wildman–Crippen LogP) is 1.95. The van der Waals surface area contributed by atoms with Crippen molar-refractivity contribution < 1.29 is 4.79 Å². The third-order valence-electron chi connectivity index (χ3n) is 4.49. The van der Waals surface area contributed by atoms with E-state index in [1.807, 2.05) is 11.9 Å². The highest BCUT2D eigenvalue weighted by Crippen LogP contribution is 2.19. The molecular formula is C16H33N3O. The second kappa shape index (κ2) is 8.63. The molecule has 1 saturated heterocycles. The molecule has 1 heterocycles. The van der Waals surface area contributed by atoms with Crippen molar-refractivity contribution >= 4 is 5.91 Å². The van der Waals surface area contributed by atoms with Crippen LogP contribution in [-0.4, -0.2) is 61.0 Å². The van der Waals surface area contributed by atoms with Crippen LogP contribution in [0.25, 0.3) is 0 Å². The number of likely N-dealkylation sites (tertiary alicyclic amines) is 1. The van der Waals surface area contributed by atoms with E-state index in [1.54, 1.807) is 0 Å². The zero-order chi connectivity index (χ0) is 15.1. The number of rotatable bonds is 7. The summed E-state index contributed by atoms with van der Waals surface area (Å²) in [4.78, 5) is 16.4. The zero-order valence-corrected chi connectivity index (χ0v) is 14.0. The van der Waals surface area contributed by atoms with Crippen LogP contribution < -0.4 is 5.32 Å². The molecule has 1 N–H and O–H groups in total. The summed E-state index contributed by atoms with van der Waals surface area (Å²) in [6, 6.07) is 0.837. The number of amides is 1. The highest BCUT2D eigenvalue weighted by molar-refractivity contribution is 5.78. The van der Waals surface area contributed by atoms with Gasteiger partial charge in [-0.05, 0) is 59.0 Å².